The van der Waals surface area contributed by atoms with Crippen molar-refractivity contribution in [2.24, 2.45) is 0 Å². The smallest absolute Gasteiger partial charge is 0.166 e. The average Bonchev–Trinajstić information content (AvgIpc) is 2.27. The normalized spacial score (nSPS) is 9.13. The van der Waals surface area contributed by atoms with Crippen molar-refractivity contribution in [3.05, 3.63) is 12.1 Å². The van der Waals surface area contributed by atoms with Crippen LogP contribution in [0.1, 0.15) is 0 Å². The molecule has 4 heteroatoms. The zero-order valence-corrected chi connectivity index (χ0v) is 8.61. The Bertz CT molecular complexity index is 379. The van der Waals surface area contributed by atoms with Crippen LogP contribution in [0.15, 0.2) is 12.1 Å². The molecule has 0 spiro atoms. The van der Waals surface area contributed by atoms with E-state index in [2.05, 4.69) is 5.92 Å². The van der Waals surface area contributed by atoms with Crippen LogP contribution in [-0.2, 0) is 0 Å². The number of phenolic OH excluding ortho intramolecular Hbond substituents is 1. The number of methoxy groups -OCH3 is 2. The van der Waals surface area contributed by atoms with E-state index in [1.165, 1.54) is 26.4 Å². The van der Waals surface area contributed by atoms with E-state index >= 15 is 0 Å². The largest absolute Gasteiger partial charge is 0.504 e. The molecule has 0 aromatic heterocycles. The van der Waals surface area contributed by atoms with Crippen LogP contribution >= 0.6 is 0 Å². The van der Waals surface area contributed by atoms with Crippen molar-refractivity contribution in [3.8, 4) is 35.3 Å². The summed E-state index contributed by atoms with van der Waals surface area (Å²) in [4.78, 5) is 0. The third kappa shape index (κ3) is 2.47. The summed E-state index contributed by atoms with van der Waals surface area (Å²) in [6.45, 7) is 0.0864. The van der Waals surface area contributed by atoms with Gasteiger partial charge in [0.2, 0.25) is 0 Å². The summed E-state index contributed by atoms with van der Waals surface area (Å²) < 4.78 is 15.1. The van der Waals surface area contributed by atoms with Crippen LogP contribution in [-0.4, -0.2) is 25.9 Å². The van der Waals surface area contributed by atoms with Gasteiger partial charge in [-0.2, -0.15) is 0 Å². The Morgan fingerprint density at radius 3 is 2.33 bits per heavy atom. The Labute approximate surface area is 88.4 Å². The number of rotatable bonds is 4. The third-order valence-electron chi connectivity index (χ3n) is 1.78. The number of hydrogen-bond donors (Lipinski definition) is 1. The highest BCUT2D eigenvalue weighted by Gasteiger charge is 2.10. The first-order valence-electron chi connectivity index (χ1n) is 4.24. The molecule has 0 heterocycles. The fourth-order valence-corrected chi connectivity index (χ4v) is 1.08. The van der Waals surface area contributed by atoms with E-state index in [0.29, 0.717) is 11.5 Å². The maximum absolute atomic E-state index is 9.54. The van der Waals surface area contributed by atoms with E-state index in [0.717, 1.165) is 0 Å². The van der Waals surface area contributed by atoms with E-state index in [1.807, 2.05) is 0 Å². The summed E-state index contributed by atoms with van der Waals surface area (Å²) in [5, 5.41) is 9.54. The van der Waals surface area contributed by atoms with Gasteiger partial charge in [0, 0.05) is 12.1 Å². The highest BCUT2D eigenvalue weighted by atomic mass is 16.5. The first kappa shape index (κ1) is 11.1. The molecule has 15 heavy (non-hydrogen) atoms. The summed E-state index contributed by atoms with van der Waals surface area (Å²) >= 11 is 0. The molecule has 0 radical (unpaired) electrons. The molecule has 0 amide bonds. The van der Waals surface area contributed by atoms with E-state index in [1.54, 1.807) is 0 Å². The molecule has 0 bridgehead atoms. The third-order valence-corrected chi connectivity index (χ3v) is 1.78. The van der Waals surface area contributed by atoms with Crippen molar-refractivity contribution in [2.75, 3.05) is 20.8 Å². The van der Waals surface area contributed by atoms with Crippen molar-refractivity contribution in [3.63, 3.8) is 0 Å². The van der Waals surface area contributed by atoms with Crippen LogP contribution in [0.3, 0.4) is 0 Å². The first-order chi connectivity index (χ1) is 7.22. The van der Waals surface area contributed by atoms with E-state index in [-0.39, 0.29) is 18.1 Å². The van der Waals surface area contributed by atoms with Crippen molar-refractivity contribution in [1.29, 1.82) is 0 Å². The second-order valence-electron chi connectivity index (χ2n) is 2.67. The van der Waals surface area contributed by atoms with Crippen molar-refractivity contribution < 1.29 is 19.3 Å². The number of benzene rings is 1. The van der Waals surface area contributed by atoms with Crippen LogP contribution in [0.25, 0.3) is 0 Å². The van der Waals surface area contributed by atoms with Crippen LogP contribution in [0.2, 0.25) is 0 Å². The van der Waals surface area contributed by atoms with Gasteiger partial charge < -0.3 is 19.3 Å². The Morgan fingerprint density at radius 1 is 1.20 bits per heavy atom. The number of hydrogen-bond acceptors (Lipinski definition) is 4. The van der Waals surface area contributed by atoms with Gasteiger partial charge in [-0.25, -0.2) is 0 Å². The first-order valence-corrected chi connectivity index (χ1v) is 4.24. The number of ether oxygens (including phenoxy) is 3. The molecule has 1 aromatic rings. The van der Waals surface area contributed by atoms with Crippen molar-refractivity contribution in [1.82, 2.24) is 0 Å². The minimum Gasteiger partial charge on any atom is -0.504 e. The van der Waals surface area contributed by atoms with E-state index in [9.17, 15) is 5.11 Å². The zero-order chi connectivity index (χ0) is 11.3. The van der Waals surface area contributed by atoms with Gasteiger partial charge in [-0.05, 0) is 0 Å². The Balaban J connectivity index is 3.03. The molecule has 4 nitrogen and oxygen atoms in total. The van der Waals surface area contributed by atoms with Crippen molar-refractivity contribution >= 4 is 0 Å². The molecule has 1 aromatic carbocycles. The fourth-order valence-electron chi connectivity index (χ4n) is 1.08. The van der Waals surface area contributed by atoms with E-state index < -0.39 is 0 Å². The van der Waals surface area contributed by atoms with Gasteiger partial charge in [-0.1, -0.05) is 5.92 Å². The van der Waals surface area contributed by atoms with Gasteiger partial charge in [0.1, 0.15) is 6.61 Å². The summed E-state index contributed by atoms with van der Waals surface area (Å²) in [7, 11) is 2.99. The lowest BCUT2D eigenvalue weighted by Gasteiger charge is -2.11. The minimum absolute atomic E-state index is 0.0390. The molecular formula is C11H12O4. The summed E-state index contributed by atoms with van der Waals surface area (Å²) in [6.07, 6.45) is 5.04. The predicted molar refractivity (Wildman–Crippen MR) is 55.5 cm³/mol. The standard InChI is InChI=1S/C11H12O4/c1-4-5-15-9-7-11(14-3)10(13-2)6-8(9)12/h1,6-7,12H,5H2,2-3H3. The summed E-state index contributed by atoms with van der Waals surface area (Å²) in [5.41, 5.74) is 0. The number of aromatic hydroxyl groups is 1. The molecule has 0 atom stereocenters. The predicted octanol–water partition coefficient (Wildman–Crippen LogP) is 1.42. The number of phenols is 1. The quantitative estimate of drug-likeness (QED) is 0.760. The van der Waals surface area contributed by atoms with Gasteiger partial charge >= 0.3 is 0 Å². The lowest BCUT2D eigenvalue weighted by molar-refractivity contribution is 0.323. The van der Waals surface area contributed by atoms with Crippen LogP contribution in [0.4, 0.5) is 0 Å². The van der Waals surface area contributed by atoms with Crippen LogP contribution in [0.5, 0.6) is 23.0 Å². The molecule has 0 aliphatic rings. The molecule has 1 N–H and O–H groups in total. The molecule has 0 unspecified atom stereocenters. The van der Waals surface area contributed by atoms with Gasteiger partial charge in [0.25, 0.3) is 0 Å². The topological polar surface area (TPSA) is 47.9 Å². The maximum atomic E-state index is 9.54. The minimum atomic E-state index is -0.0390. The lowest BCUT2D eigenvalue weighted by Crippen LogP contribution is -1.96. The van der Waals surface area contributed by atoms with E-state index in [4.69, 9.17) is 20.6 Å². The summed E-state index contributed by atoms with van der Waals surface area (Å²) in [6, 6.07) is 2.93. The Morgan fingerprint density at radius 2 is 1.80 bits per heavy atom. The van der Waals surface area contributed by atoms with Crippen molar-refractivity contribution in [2.45, 2.75) is 0 Å². The number of terminal acetylenes is 1. The second kappa shape index (κ2) is 5.01. The Kier molecular flexibility index (Phi) is 3.69. The lowest BCUT2D eigenvalue weighted by atomic mass is 10.2. The molecular weight excluding hydrogens is 196 g/mol. The monoisotopic (exact) mass is 208 g/mol. The molecule has 1 rings (SSSR count). The van der Waals surface area contributed by atoms with Crippen LogP contribution in [0, 0.1) is 12.3 Å². The Hall–Kier alpha value is -2.02. The molecule has 0 saturated heterocycles. The second-order valence-corrected chi connectivity index (χ2v) is 2.67. The van der Waals surface area contributed by atoms with Crippen LogP contribution < -0.4 is 14.2 Å². The van der Waals surface area contributed by atoms with Gasteiger partial charge in [-0.15, -0.1) is 6.42 Å². The van der Waals surface area contributed by atoms with Gasteiger partial charge in [-0.3, -0.25) is 0 Å². The zero-order valence-electron chi connectivity index (χ0n) is 8.61. The highest BCUT2D eigenvalue weighted by Crippen LogP contribution is 2.38. The molecule has 0 fully saturated rings. The maximum Gasteiger partial charge on any atom is 0.166 e. The summed E-state index contributed by atoms with van der Waals surface area (Å²) in [5.74, 6) is 3.44. The average molecular weight is 208 g/mol. The fraction of sp³-hybridized carbons (Fsp3) is 0.273. The molecule has 0 aliphatic carbocycles. The highest BCUT2D eigenvalue weighted by molar-refractivity contribution is 5.53. The molecule has 0 saturated carbocycles. The SMILES string of the molecule is C#CCOc1cc(OC)c(OC)cc1O. The molecule has 80 valence electrons. The molecule has 0 aliphatic heterocycles. The van der Waals surface area contributed by atoms with Gasteiger partial charge in [0.05, 0.1) is 14.2 Å². The van der Waals surface area contributed by atoms with Gasteiger partial charge in [0.15, 0.2) is 23.0 Å².